The second-order valence-corrected chi connectivity index (χ2v) is 7.05. The van der Waals surface area contributed by atoms with Crippen LogP contribution in [0.15, 0.2) is 0 Å². The normalized spacial score (nSPS) is 26.1. The fourth-order valence-electron chi connectivity index (χ4n) is 4.00. The second kappa shape index (κ2) is 8.77. The number of hydrogen-bond acceptors (Lipinski definition) is 2. The molecule has 3 nitrogen and oxygen atoms in total. The van der Waals surface area contributed by atoms with Crippen molar-refractivity contribution in [3.05, 3.63) is 0 Å². The van der Waals surface area contributed by atoms with Gasteiger partial charge < -0.3 is 10.2 Å². The molecule has 1 amide bonds. The highest BCUT2D eigenvalue weighted by atomic mass is 16.2. The van der Waals surface area contributed by atoms with Gasteiger partial charge in [0.15, 0.2) is 0 Å². The number of likely N-dealkylation sites (tertiary alicyclic amines) is 1. The van der Waals surface area contributed by atoms with E-state index in [0.29, 0.717) is 11.9 Å². The Morgan fingerprint density at radius 3 is 2.62 bits per heavy atom. The Kier molecular flexibility index (Phi) is 7.01. The minimum Gasteiger partial charge on any atom is -0.341 e. The summed E-state index contributed by atoms with van der Waals surface area (Å²) in [4.78, 5) is 14.6. The van der Waals surface area contributed by atoms with E-state index in [1.807, 2.05) is 0 Å². The Morgan fingerprint density at radius 1 is 1.19 bits per heavy atom. The van der Waals surface area contributed by atoms with Crippen LogP contribution >= 0.6 is 0 Å². The minimum absolute atomic E-state index is 0.396. The predicted molar refractivity (Wildman–Crippen MR) is 88.3 cm³/mol. The average Bonchev–Trinajstić information content (AvgIpc) is 2.97. The maximum absolute atomic E-state index is 12.4. The Bertz CT molecular complexity index is 312. The van der Waals surface area contributed by atoms with Gasteiger partial charge in [0, 0.05) is 25.6 Å². The van der Waals surface area contributed by atoms with Gasteiger partial charge in [-0.1, -0.05) is 33.1 Å². The fourth-order valence-corrected chi connectivity index (χ4v) is 4.00. The predicted octanol–water partition coefficient (Wildman–Crippen LogP) is 3.58. The van der Waals surface area contributed by atoms with Crippen molar-refractivity contribution < 1.29 is 4.79 Å². The zero-order valence-electron chi connectivity index (χ0n) is 14.1. The third kappa shape index (κ3) is 4.98. The lowest BCUT2D eigenvalue weighted by Gasteiger charge is -2.31. The number of carbonyl (C=O) groups is 1. The summed E-state index contributed by atoms with van der Waals surface area (Å²) >= 11 is 0. The number of carbonyl (C=O) groups excluding carboxylic acids is 1. The first kappa shape index (κ1) is 16.8. The standard InChI is InChI=1S/C18H34N2O/c1-3-12-19-17(16-7-5-6-8-16)14-20-13-11-15(4-2)9-10-18(20)21/h15-17,19H,3-14H2,1-2H3. The van der Waals surface area contributed by atoms with Crippen LogP contribution in [0.25, 0.3) is 0 Å². The molecule has 2 rings (SSSR count). The molecule has 1 saturated heterocycles. The summed E-state index contributed by atoms with van der Waals surface area (Å²) in [6.45, 7) is 7.49. The number of rotatable bonds is 7. The van der Waals surface area contributed by atoms with E-state index in [4.69, 9.17) is 0 Å². The molecular weight excluding hydrogens is 260 g/mol. The van der Waals surface area contributed by atoms with Crippen molar-refractivity contribution in [3.8, 4) is 0 Å². The zero-order valence-corrected chi connectivity index (χ0v) is 14.1. The highest BCUT2D eigenvalue weighted by Crippen LogP contribution is 2.29. The van der Waals surface area contributed by atoms with Crippen molar-refractivity contribution in [1.82, 2.24) is 10.2 Å². The molecule has 2 fully saturated rings. The molecule has 0 aromatic heterocycles. The molecule has 21 heavy (non-hydrogen) atoms. The molecular formula is C18H34N2O. The van der Waals surface area contributed by atoms with Crippen LogP contribution in [-0.2, 0) is 4.79 Å². The van der Waals surface area contributed by atoms with Crippen LogP contribution in [0.5, 0.6) is 0 Å². The minimum atomic E-state index is 0.396. The molecule has 2 atom stereocenters. The van der Waals surface area contributed by atoms with Crippen molar-refractivity contribution >= 4 is 5.91 Å². The van der Waals surface area contributed by atoms with E-state index in [9.17, 15) is 4.79 Å². The van der Waals surface area contributed by atoms with E-state index >= 15 is 0 Å². The molecule has 1 saturated carbocycles. The van der Waals surface area contributed by atoms with Crippen LogP contribution in [-0.4, -0.2) is 36.5 Å². The smallest absolute Gasteiger partial charge is 0.222 e. The van der Waals surface area contributed by atoms with Gasteiger partial charge in [-0.15, -0.1) is 0 Å². The number of hydrogen-bond donors (Lipinski definition) is 1. The van der Waals surface area contributed by atoms with Crippen LogP contribution in [0, 0.1) is 11.8 Å². The van der Waals surface area contributed by atoms with Crippen molar-refractivity contribution in [2.75, 3.05) is 19.6 Å². The van der Waals surface area contributed by atoms with Gasteiger partial charge in [0.25, 0.3) is 0 Å². The molecule has 3 heteroatoms. The van der Waals surface area contributed by atoms with Crippen LogP contribution in [0.2, 0.25) is 0 Å². The lowest BCUT2D eigenvalue weighted by molar-refractivity contribution is -0.131. The molecule has 2 unspecified atom stereocenters. The topological polar surface area (TPSA) is 32.3 Å². The summed E-state index contributed by atoms with van der Waals surface area (Å²) in [6.07, 6.45) is 10.9. The number of nitrogens with one attached hydrogen (secondary N) is 1. The van der Waals surface area contributed by atoms with E-state index in [2.05, 4.69) is 24.1 Å². The molecule has 1 N–H and O–H groups in total. The van der Waals surface area contributed by atoms with Crippen molar-refractivity contribution in [2.45, 2.75) is 77.7 Å². The molecule has 0 radical (unpaired) electrons. The molecule has 1 aliphatic heterocycles. The van der Waals surface area contributed by atoms with Crippen molar-refractivity contribution in [2.24, 2.45) is 11.8 Å². The van der Waals surface area contributed by atoms with Gasteiger partial charge in [0.05, 0.1) is 0 Å². The van der Waals surface area contributed by atoms with Gasteiger partial charge in [-0.3, -0.25) is 4.79 Å². The molecule has 0 spiro atoms. The van der Waals surface area contributed by atoms with Crippen LogP contribution < -0.4 is 5.32 Å². The molecule has 2 aliphatic rings. The third-order valence-corrected chi connectivity index (χ3v) is 5.55. The lowest BCUT2D eigenvalue weighted by atomic mass is 9.97. The van der Waals surface area contributed by atoms with E-state index in [-0.39, 0.29) is 0 Å². The maximum Gasteiger partial charge on any atom is 0.222 e. The SMILES string of the molecule is CCCNC(CN1CCC(CC)CCC1=O)C1CCCC1. The highest BCUT2D eigenvalue weighted by molar-refractivity contribution is 5.76. The van der Waals surface area contributed by atoms with Crippen molar-refractivity contribution in [3.63, 3.8) is 0 Å². The van der Waals surface area contributed by atoms with Gasteiger partial charge in [-0.2, -0.15) is 0 Å². The summed E-state index contributed by atoms with van der Waals surface area (Å²) in [5, 5.41) is 3.73. The van der Waals surface area contributed by atoms with Gasteiger partial charge in [-0.05, 0) is 50.5 Å². The molecule has 122 valence electrons. The first-order valence-electron chi connectivity index (χ1n) is 9.25. The highest BCUT2D eigenvalue weighted by Gasteiger charge is 2.29. The number of amides is 1. The quantitative estimate of drug-likeness (QED) is 0.778. The number of nitrogens with zero attached hydrogens (tertiary/aromatic N) is 1. The largest absolute Gasteiger partial charge is 0.341 e. The van der Waals surface area contributed by atoms with E-state index in [1.165, 1.54) is 44.9 Å². The summed E-state index contributed by atoms with van der Waals surface area (Å²) in [5.41, 5.74) is 0. The molecule has 1 aliphatic carbocycles. The Labute approximate surface area is 130 Å². The van der Waals surface area contributed by atoms with E-state index in [1.54, 1.807) is 0 Å². The molecule has 0 bridgehead atoms. The first-order chi connectivity index (χ1) is 10.2. The van der Waals surface area contributed by atoms with E-state index < -0.39 is 0 Å². The molecule has 0 aromatic carbocycles. The van der Waals surface area contributed by atoms with E-state index in [0.717, 1.165) is 44.3 Å². The summed E-state index contributed by atoms with van der Waals surface area (Å²) in [6, 6.07) is 0.523. The maximum atomic E-state index is 12.4. The monoisotopic (exact) mass is 294 g/mol. The third-order valence-electron chi connectivity index (χ3n) is 5.55. The summed E-state index contributed by atoms with van der Waals surface area (Å²) in [5.74, 6) is 1.94. The van der Waals surface area contributed by atoms with Crippen LogP contribution in [0.3, 0.4) is 0 Å². The summed E-state index contributed by atoms with van der Waals surface area (Å²) < 4.78 is 0. The van der Waals surface area contributed by atoms with Gasteiger partial charge >= 0.3 is 0 Å². The zero-order chi connectivity index (χ0) is 15.1. The van der Waals surface area contributed by atoms with Gasteiger partial charge in [0.1, 0.15) is 0 Å². The Hall–Kier alpha value is -0.570. The second-order valence-electron chi connectivity index (χ2n) is 7.05. The Morgan fingerprint density at radius 2 is 1.95 bits per heavy atom. The molecule has 0 aromatic rings. The fraction of sp³-hybridized carbons (Fsp3) is 0.944. The van der Waals surface area contributed by atoms with Gasteiger partial charge in [-0.25, -0.2) is 0 Å². The summed E-state index contributed by atoms with van der Waals surface area (Å²) in [7, 11) is 0. The average molecular weight is 294 g/mol. The van der Waals surface area contributed by atoms with Crippen molar-refractivity contribution in [1.29, 1.82) is 0 Å². The first-order valence-corrected chi connectivity index (χ1v) is 9.25. The van der Waals surface area contributed by atoms with Crippen LogP contribution in [0.1, 0.15) is 71.6 Å². The Balaban J connectivity index is 1.92. The van der Waals surface area contributed by atoms with Crippen LogP contribution in [0.4, 0.5) is 0 Å². The molecule has 1 heterocycles. The lowest BCUT2D eigenvalue weighted by Crippen LogP contribution is -2.47. The van der Waals surface area contributed by atoms with Gasteiger partial charge in [0.2, 0.25) is 5.91 Å².